The van der Waals surface area contributed by atoms with Crippen LogP contribution in [0.4, 0.5) is 0 Å². The second-order valence-corrected chi connectivity index (χ2v) is 6.23. The van der Waals surface area contributed by atoms with E-state index < -0.39 is 6.10 Å². The number of fused-ring (bicyclic) bond motifs is 1. The summed E-state index contributed by atoms with van der Waals surface area (Å²) in [6.45, 7) is 2.56. The molecule has 3 rings (SSSR count). The number of rotatable bonds is 6. The van der Waals surface area contributed by atoms with Gasteiger partial charge in [-0.3, -0.25) is 0 Å². The molecule has 1 saturated heterocycles. The van der Waals surface area contributed by atoms with Crippen molar-refractivity contribution in [3.05, 3.63) is 42.5 Å². The molecule has 23 heavy (non-hydrogen) atoms. The predicted molar refractivity (Wildman–Crippen MR) is 91.9 cm³/mol. The quantitative estimate of drug-likeness (QED) is 0.890. The summed E-state index contributed by atoms with van der Waals surface area (Å²) >= 11 is 0. The van der Waals surface area contributed by atoms with Gasteiger partial charge in [0.05, 0.1) is 0 Å². The lowest BCUT2D eigenvalue weighted by Crippen LogP contribution is -2.42. The van der Waals surface area contributed by atoms with Gasteiger partial charge in [-0.05, 0) is 31.3 Å². The fraction of sp³-hybridized carbons (Fsp3) is 0.474. The van der Waals surface area contributed by atoms with Crippen LogP contribution in [-0.4, -0.2) is 55.6 Å². The van der Waals surface area contributed by atoms with Crippen LogP contribution in [-0.2, 0) is 4.74 Å². The molecule has 1 N–H and O–H groups in total. The lowest BCUT2D eigenvalue weighted by molar-refractivity contribution is 0.0161. The Labute approximate surface area is 137 Å². The normalized spacial score (nSPS) is 17.5. The maximum absolute atomic E-state index is 10.3. The maximum Gasteiger partial charge on any atom is 0.127 e. The summed E-state index contributed by atoms with van der Waals surface area (Å²) in [6, 6.07) is 14.6. The molecule has 1 atom stereocenters. The first-order valence-electron chi connectivity index (χ1n) is 8.30. The number of likely N-dealkylation sites (N-methyl/N-ethyl adjacent to an activating group) is 1. The zero-order chi connectivity index (χ0) is 16.1. The fourth-order valence-corrected chi connectivity index (χ4v) is 3.17. The zero-order valence-electron chi connectivity index (χ0n) is 13.6. The van der Waals surface area contributed by atoms with Gasteiger partial charge in [0, 0.05) is 31.2 Å². The third-order valence-corrected chi connectivity index (χ3v) is 4.49. The highest BCUT2D eigenvalue weighted by Gasteiger charge is 2.20. The van der Waals surface area contributed by atoms with Crippen molar-refractivity contribution in [1.82, 2.24) is 4.90 Å². The average molecular weight is 315 g/mol. The maximum atomic E-state index is 10.3. The Kier molecular flexibility index (Phi) is 5.49. The second-order valence-electron chi connectivity index (χ2n) is 6.23. The Morgan fingerprint density at radius 1 is 1.17 bits per heavy atom. The van der Waals surface area contributed by atoms with Crippen molar-refractivity contribution in [3.8, 4) is 5.75 Å². The molecule has 4 nitrogen and oxygen atoms in total. The van der Waals surface area contributed by atoms with Crippen LogP contribution in [0.25, 0.3) is 10.8 Å². The molecule has 2 aromatic rings. The third kappa shape index (κ3) is 4.22. The highest BCUT2D eigenvalue weighted by atomic mass is 16.5. The molecule has 1 heterocycles. The SMILES string of the molecule is CN(CC(O)COc1cccc2ccccc12)C1CCOCC1. The Morgan fingerprint density at radius 3 is 2.74 bits per heavy atom. The van der Waals surface area contributed by atoms with Crippen LogP contribution in [0.15, 0.2) is 42.5 Å². The fourth-order valence-electron chi connectivity index (χ4n) is 3.17. The first-order valence-corrected chi connectivity index (χ1v) is 8.30. The monoisotopic (exact) mass is 315 g/mol. The average Bonchev–Trinajstić information content (AvgIpc) is 2.60. The van der Waals surface area contributed by atoms with E-state index in [-0.39, 0.29) is 0 Å². The van der Waals surface area contributed by atoms with Gasteiger partial charge in [0.25, 0.3) is 0 Å². The molecule has 0 saturated carbocycles. The molecule has 124 valence electrons. The molecular formula is C19H25NO3. The molecule has 0 radical (unpaired) electrons. The minimum Gasteiger partial charge on any atom is -0.490 e. The Morgan fingerprint density at radius 2 is 1.91 bits per heavy atom. The molecule has 4 heteroatoms. The van der Waals surface area contributed by atoms with Gasteiger partial charge < -0.3 is 19.5 Å². The summed E-state index contributed by atoms with van der Waals surface area (Å²) in [4.78, 5) is 2.22. The second kappa shape index (κ2) is 7.77. The summed E-state index contributed by atoms with van der Waals surface area (Å²) in [7, 11) is 2.07. The van der Waals surface area contributed by atoms with Gasteiger partial charge in [-0.1, -0.05) is 36.4 Å². The molecule has 1 aliphatic heterocycles. The summed E-state index contributed by atoms with van der Waals surface area (Å²) < 4.78 is 11.3. The highest BCUT2D eigenvalue weighted by molar-refractivity contribution is 5.88. The van der Waals surface area contributed by atoms with Crippen LogP contribution in [0.3, 0.4) is 0 Å². The van der Waals surface area contributed by atoms with Crippen LogP contribution in [0.1, 0.15) is 12.8 Å². The first-order chi connectivity index (χ1) is 11.2. The van der Waals surface area contributed by atoms with Crippen LogP contribution in [0.5, 0.6) is 5.75 Å². The van der Waals surface area contributed by atoms with Gasteiger partial charge in [-0.15, -0.1) is 0 Å². The molecule has 2 aromatic carbocycles. The smallest absolute Gasteiger partial charge is 0.127 e. The number of hydrogen-bond donors (Lipinski definition) is 1. The van der Waals surface area contributed by atoms with Crippen molar-refractivity contribution in [3.63, 3.8) is 0 Å². The molecule has 0 aromatic heterocycles. The largest absolute Gasteiger partial charge is 0.490 e. The Balaban J connectivity index is 1.54. The van der Waals surface area contributed by atoms with E-state index in [1.54, 1.807) is 0 Å². The summed E-state index contributed by atoms with van der Waals surface area (Å²) in [5.41, 5.74) is 0. The number of aliphatic hydroxyl groups is 1. The van der Waals surface area contributed by atoms with Gasteiger partial charge in [0.15, 0.2) is 0 Å². The van der Waals surface area contributed by atoms with Crippen molar-refractivity contribution < 1.29 is 14.6 Å². The molecular weight excluding hydrogens is 290 g/mol. The minimum atomic E-state index is -0.498. The summed E-state index contributed by atoms with van der Waals surface area (Å²) in [6.07, 6.45) is 1.57. The summed E-state index contributed by atoms with van der Waals surface area (Å²) in [5, 5.41) is 12.5. The number of hydrogen-bond acceptors (Lipinski definition) is 4. The van der Waals surface area contributed by atoms with Gasteiger partial charge in [-0.2, -0.15) is 0 Å². The van der Waals surface area contributed by atoms with E-state index in [9.17, 15) is 5.11 Å². The molecule has 0 amide bonds. The van der Waals surface area contributed by atoms with E-state index in [0.29, 0.717) is 19.2 Å². The van der Waals surface area contributed by atoms with Crippen molar-refractivity contribution in [2.45, 2.75) is 25.0 Å². The number of aliphatic hydroxyl groups excluding tert-OH is 1. The van der Waals surface area contributed by atoms with Crippen molar-refractivity contribution in [2.24, 2.45) is 0 Å². The molecule has 1 aliphatic rings. The van der Waals surface area contributed by atoms with Crippen LogP contribution < -0.4 is 4.74 Å². The standard InChI is InChI=1S/C19H25NO3/c1-20(16-9-11-22-12-10-16)13-17(21)14-23-19-8-4-6-15-5-2-3-7-18(15)19/h2-8,16-17,21H,9-14H2,1H3. The van der Waals surface area contributed by atoms with Crippen LogP contribution in [0, 0.1) is 0 Å². The van der Waals surface area contributed by atoms with Crippen molar-refractivity contribution >= 4 is 10.8 Å². The minimum absolute atomic E-state index is 0.307. The molecule has 1 fully saturated rings. The van der Waals surface area contributed by atoms with Gasteiger partial charge in [-0.25, -0.2) is 0 Å². The lowest BCUT2D eigenvalue weighted by Gasteiger charge is -2.32. The Hall–Kier alpha value is -1.62. The number of ether oxygens (including phenoxy) is 2. The molecule has 0 bridgehead atoms. The molecule has 1 unspecified atom stereocenters. The zero-order valence-corrected chi connectivity index (χ0v) is 13.6. The van der Waals surface area contributed by atoms with Crippen molar-refractivity contribution in [2.75, 3.05) is 33.4 Å². The highest BCUT2D eigenvalue weighted by Crippen LogP contribution is 2.25. The van der Waals surface area contributed by atoms with E-state index in [2.05, 4.69) is 24.1 Å². The predicted octanol–water partition coefficient (Wildman–Crippen LogP) is 2.69. The third-order valence-electron chi connectivity index (χ3n) is 4.49. The van der Waals surface area contributed by atoms with Gasteiger partial charge in [0.1, 0.15) is 18.5 Å². The van der Waals surface area contributed by atoms with E-state index in [4.69, 9.17) is 9.47 Å². The van der Waals surface area contributed by atoms with E-state index >= 15 is 0 Å². The summed E-state index contributed by atoms with van der Waals surface area (Å²) in [5.74, 6) is 0.830. The number of benzene rings is 2. The molecule has 0 aliphatic carbocycles. The lowest BCUT2D eigenvalue weighted by atomic mass is 10.1. The van der Waals surface area contributed by atoms with Crippen LogP contribution >= 0.6 is 0 Å². The first kappa shape index (κ1) is 16.2. The van der Waals surface area contributed by atoms with Gasteiger partial charge >= 0.3 is 0 Å². The van der Waals surface area contributed by atoms with E-state index in [1.165, 1.54) is 0 Å². The van der Waals surface area contributed by atoms with E-state index in [1.807, 2.05) is 30.3 Å². The topological polar surface area (TPSA) is 41.9 Å². The van der Waals surface area contributed by atoms with Crippen molar-refractivity contribution in [1.29, 1.82) is 0 Å². The molecule has 0 spiro atoms. The van der Waals surface area contributed by atoms with Gasteiger partial charge in [0.2, 0.25) is 0 Å². The Bertz CT molecular complexity index is 620. The van der Waals surface area contributed by atoms with E-state index in [0.717, 1.165) is 42.6 Å². The number of nitrogens with zero attached hydrogens (tertiary/aromatic N) is 1. The van der Waals surface area contributed by atoms with Crippen LogP contribution in [0.2, 0.25) is 0 Å².